The van der Waals surface area contributed by atoms with Crippen molar-refractivity contribution >= 4 is 27.1 Å². The van der Waals surface area contributed by atoms with Crippen molar-refractivity contribution in [3.05, 3.63) is 54.0 Å². The molecule has 0 aliphatic heterocycles. The van der Waals surface area contributed by atoms with Crippen LogP contribution in [0.5, 0.6) is 0 Å². The van der Waals surface area contributed by atoms with Gasteiger partial charge in [0, 0.05) is 5.57 Å². The Hall–Kier alpha value is -2.68. The minimum Gasteiger partial charge on any atom is -0.305 e. The molecule has 1 heterocycles. The van der Waals surface area contributed by atoms with E-state index < -0.39 is 34.0 Å². The van der Waals surface area contributed by atoms with E-state index >= 15 is 0 Å². The van der Waals surface area contributed by atoms with Crippen molar-refractivity contribution in [2.75, 3.05) is 11.1 Å². The molecule has 160 valence electrons. The molecule has 30 heavy (non-hydrogen) atoms. The van der Waals surface area contributed by atoms with Gasteiger partial charge in [0.1, 0.15) is 12.3 Å². The smallest absolute Gasteiger partial charge is 0.257 e. The Balaban J connectivity index is 1.93. The highest BCUT2D eigenvalue weighted by Gasteiger charge is 2.34. The highest BCUT2D eigenvalue weighted by Crippen LogP contribution is 2.34. The van der Waals surface area contributed by atoms with Crippen LogP contribution in [0.4, 0.5) is 14.6 Å². The summed E-state index contributed by atoms with van der Waals surface area (Å²) in [5, 5.41) is 2.63. The number of anilines is 1. The zero-order valence-electron chi connectivity index (χ0n) is 16.7. The van der Waals surface area contributed by atoms with E-state index in [1.807, 2.05) is 0 Å². The molecular weight excluding hydrogens is 412 g/mol. The average molecular weight is 435 g/mol. The third kappa shape index (κ3) is 5.08. The number of aryl methyl sites for hydroxylation is 1. The topological polar surface area (TPSA) is 89.0 Å². The van der Waals surface area contributed by atoms with Crippen LogP contribution in [0.1, 0.15) is 31.0 Å². The summed E-state index contributed by atoms with van der Waals surface area (Å²) in [5.41, 5.74) is 1.33. The van der Waals surface area contributed by atoms with Gasteiger partial charge in [-0.15, -0.1) is 0 Å². The second-order valence-electron chi connectivity index (χ2n) is 7.27. The van der Waals surface area contributed by atoms with E-state index in [1.165, 1.54) is 36.7 Å². The number of hydrogen-bond donors (Lipinski definition) is 1. The van der Waals surface area contributed by atoms with Gasteiger partial charge in [-0.05, 0) is 43.4 Å². The number of nitrogens with zero attached hydrogens (tertiary/aromatic N) is 2. The molecule has 0 radical (unpaired) electrons. The Morgan fingerprint density at radius 2 is 1.77 bits per heavy atom. The van der Waals surface area contributed by atoms with E-state index in [-0.39, 0.29) is 34.9 Å². The van der Waals surface area contributed by atoms with Gasteiger partial charge >= 0.3 is 0 Å². The van der Waals surface area contributed by atoms with Gasteiger partial charge in [0.15, 0.2) is 15.7 Å². The standard InChI is InChI=1S/C21H23F2N3O3S/c1-3-30(28,29)16-6-4-15(5-7-16)17(8-14-9-18(22)19(23)10-14)21(27)26-20-12-24-13(2)11-25-20/h4-8,11-12,14,18-19H,3,9-10H2,1-2H3,(H,25,26,27)/b17-8+. The maximum atomic E-state index is 13.6. The quantitative estimate of drug-likeness (QED) is 0.699. The molecule has 1 N–H and O–H groups in total. The van der Waals surface area contributed by atoms with Crippen LogP contribution in [0.25, 0.3) is 5.57 Å². The molecule has 3 rings (SSSR count). The van der Waals surface area contributed by atoms with Crippen molar-refractivity contribution in [1.29, 1.82) is 0 Å². The first kappa shape index (κ1) is 22.0. The SMILES string of the molecule is CCS(=O)(=O)c1ccc(/C(=C\C2CC(F)C(F)C2)C(=O)Nc2cnc(C)cn2)cc1. The zero-order valence-corrected chi connectivity index (χ0v) is 17.5. The molecule has 2 unspecified atom stereocenters. The zero-order chi connectivity index (χ0) is 21.9. The number of benzene rings is 1. The van der Waals surface area contributed by atoms with E-state index in [1.54, 1.807) is 19.9 Å². The van der Waals surface area contributed by atoms with Gasteiger partial charge in [-0.1, -0.05) is 25.1 Å². The fourth-order valence-electron chi connectivity index (χ4n) is 3.29. The molecule has 0 saturated heterocycles. The number of rotatable bonds is 6. The molecule has 6 nitrogen and oxygen atoms in total. The van der Waals surface area contributed by atoms with Crippen LogP contribution in [0.15, 0.2) is 47.6 Å². The van der Waals surface area contributed by atoms with Gasteiger partial charge in [-0.3, -0.25) is 9.78 Å². The average Bonchev–Trinajstić information content (AvgIpc) is 3.05. The first-order chi connectivity index (χ1) is 14.2. The number of alkyl halides is 2. The molecule has 2 atom stereocenters. The summed E-state index contributed by atoms with van der Waals surface area (Å²) < 4.78 is 51.4. The summed E-state index contributed by atoms with van der Waals surface area (Å²) in [5.74, 6) is -0.768. The third-order valence-corrected chi connectivity index (χ3v) is 6.77. The van der Waals surface area contributed by atoms with Crippen LogP contribution in [0.3, 0.4) is 0 Å². The van der Waals surface area contributed by atoms with E-state index in [2.05, 4.69) is 15.3 Å². The number of hydrogen-bond acceptors (Lipinski definition) is 5. The molecule has 1 aliphatic carbocycles. The molecule has 9 heteroatoms. The van der Waals surface area contributed by atoms with E-state index in [9.17, 15) is 22.0 Å². The number of carbonyl (C=O) groups excluding carboxylic acids is 1. The Labute approximate surface area is 174 Å². The van der Waals surface area contributed by atoms with Gasteiger partial charge in [0.2, 0.25) is 0 Å². The number of aromatic nitrogens is 2. The molecule has 1 aromatic heterocycles. The lowest BCUT2D eigenvalue weighted by molar-refractivity contribution is -0.111. The van der Waals surface area contributed by atoms with Crippen molar-refractivity contribution < 1.29 is 22.0 Å². The minimum atomic E-state index is -3.39. The molecule has 1 aliphatic rings. The van der Waals surface area contributed by atoms with Crippen molar-refractivity contribution in [2.45, 2.75) is 43.9 Å². The highest BCUT2D eigenvalue weighted by molar-refractivity contribution is 7.91. The summed E-state index contributed by atoms with van der Waals surface area (Å²) in [6.07, 6.45) is 1.32. The van der Waals surface area contributed by atoms with Gasteiger partial charge in [0.05, 0.1) is 28.7 Å². The second kappa shape index (κ2) is 8.99. The lowest BCUT2D eigenvalue weighted by Crippen LogP contribution is -2.16. The van der Waals surface area contributed by atoms with Crippen molar-refractivity contribution in [3.8, 4) is 0 Å². The molecule has 1 fully saturated rings. The van der Waals surface area contributed by atoms with Gasteiger partial charge in [0.25, 0.3) is 5.91 Å². The Bertz CT molecular complexity index is 1030. The maximum Gasteiger partial charge on any atom is 0.257 e. The summed E-state index contributed by atoms with van der Waals surface area (Å²) in [4.78, 5) is 21.2. The molecule has 2 aromatic rings. The normalized spacial score (nSPS) is 22.1. The summed E-state index contributed by atoms with van der Waals surface area (Å²) >= 11 is 0. The largest absolute Gasteiger partial charge is 0.305 e. The van der Waals surface area contributed by atoms with E-state index in [4.69, 9.17) is 0 Å². The molecule has 0 spiro atoms. The highest BCUT2D eigenvalue weighted by atomic mass is 32.2. The minimum absolute atomic E-state index is 0.00934. The summed E-state index contributed by atoms with van der Waals surface area (Å²) in [7, 11) is -3.39. The first-order valence-corrected chi connectivity index (χ1v) is 11.3. The predicted octanol–water partition coefficient (Wildman–Crippen LogP) is 3.69. The number of sulfone groups is 1. The summed E-state index contributed by atoms with van der Waals surface area (Å²) in [6, 6.07) is 5.88. The Morgan fingerprint density at radius 3 is 2.30 bits per heavy atom. The number of allylic oxidation sites excluding steroid dienone is 1. The maximum absolute atomic E-state index is 13.6. The Kier molecular flexibility index (Phi) is 6.60. The molecule has 1 aromatic carbocycles. The molecular formula is C21H23F2N3O3S. The van der Waals surface area contributed by atoms with Crippen LogP contribution < -0.4 is 5.32 Å². The van der Waals surface area contributed by atoms with E-state index in [0.717, 1.165) is 0 Å². The second-order valence-corrected chi connectivity index (χ2v) is 9.55. The van der Waals surface area contributed by atoms with E-state index in [0.29, 0.717) is 11.3 Å². The van der Waals surface area contributed by atoms with Crippen molar-refractivity contribution in [2.24, 2.45) is 5.92 Å². The van der Waals surface area contributed by atoms with Crippen LogP contribution in [-0.4, -0.2) is 42.4 Å². The molecule has 0 bridgehead atoms. The Morgan fingerprint density at radius 1 is 1.13 bits per heavy atom. The van der Waals surface area contributed by atoms with Crippen LogP contribution in [-0.2, 0) is 14.6 Å². The fraction of sp³-hybridized carbons (Fsp3) is 0.381. The van der Waals surface area contributed by atoms with Crippen molar-refractivity contribution in [3.63, 3.8) is 0 Å². The number of amides is 1. The number of nitrogens with one attached hydrogen (secondary N) is 1. The fourth-order valence-corrected chi connectivity index (χ4v) is 4.18. The van der Waals surface area contributed by atoms with Crippen LogP contribution in [0.2, 0.25) is 0 Å². The van der Waals surface area contributed by atoms with Crippen LogP contribution in [0, 0.1) is 12.8 Å². The number of halogens is 2. The summed E-state index contributed by atoms with van der Waals surface area (Å²) in [6.45, 7) is 3.31. The monoisotopic (exact) mass is 435 g/mol. The predicted molar refractivity (Wildman–Crippen MR) is 110 cm³/mol. The molecule has 1 saturated carbocycles. The van der Waals surface area contributed by atoms with Gasteiger partial charge in [-0.25, -0.2) is 22.2 Å². The lowest BCUT2D eigenvalue weighted by atomic mass is 9.98. The number of carbonyl (C=O) groups is 1. The van der Waals surface area contributed by atoms with Crippen LogP contribution >= 0.6 is 0 Å². The van der Waals surface area contributed by atoms with Gasteiger partial charge in [-0.2, -0.15) is 0 Å². The van der Waals surface area contributed by atoms with Crippen molar-refractivity contribution in [1.82, 2.24) is 9.97 Å². The lowest BCUT2D eigenvalue weighted by Gasteiger charge is -2.12. The third-order valence-electron chi connectivity index (χ3n) is 5.02. The molecule has 1 amide bonds. The van der Waals surface area contributed by atoms with Gasteiger partial charge < -0.3 is 5.32 Å². The first-order valence-electron chi connectivity index (χ1n) is 9.62.